The van der Waals surface area contributed by atoms with Gasteiger partial charge in [-0.15, -0.1) is 11.8 Å². The monoisotopic (exact) mass is 236 g/mol. The molecule has 0 aliphatic carbocycles. The minimum Gasteiger partial charge on any atom is -0.379 e. The van der Waals surface area contributed by atoms with Gasteiger partial charge >= 0.3 is 0 Å². The van der Waals surface area contributed by atoms with Crippen molar-refractivity contribution in [2.24, 2.45) is 0 Å². The highest BCUT2D eigenvalue weighted by Crippen LogP contribution is 2.36. The van der Waals surface area contributed by atoms with Gasteiger partial charge in [0.25, 0.3) is 5.91 Å². The second kappa shape index (κ2) is 3.99. The fraction of sp³-hybridized carbons (Fsp3) is 0.364. The van der Waals surface area contributed by atoms with E-state index in [1.807, 2.05) is 24.3 Å². The molecule has 2 unspecified atom stereocenters. The smallest absolute Gasteiger partial charge is 0.262 e. The van der Waals surface area contributed by atoms with Gasteiger partial charge in [0.05, 0.1) is 11.3 Å². The molecule has 1 fully saturated rings. The number of nitrogens with one attached hydrogen (secondary N) is 2. The van der Waals surface area contributed by atoms with Crippen LogP contribution in [0.25, 0.3) is 0 Å². The van der Waals surface area contributed by atoms with Crippen LogP contribution in [0.2, 0.25) is 0 Å². The van der Waals surface area contributed by atoms with Crippen molar-refractivity contribution in [1.82, 2.24) is 10.8 Å². The van der Waals surface area contributed by atoms with Crippen molar-refractivity contribution in [2.75, 3.05) is 12.3 Å². The van der Waals surface area contributed by atoms with Gasteiger partial charge in [0.15, 0.2) is 5.75 Å². The topological polar surface area (TPSA) is 50.4 Å². The van der Waals surface area contributed by atoms with Crippen molar-refractivity contribution < 1.29 is 9.63 Å². The highest BCUT2D eigenvalue weighted by molar-refractivity contribution is 8.00. The summed E-state index contributed by atoms with van der Waals surface area (Å²) >= 11 is 1.79. The number of amides is 1. The number of para-hydroxylation sites is 1. The molecule has 3 rings (SSSR count). The number of carbonyl (C=O) groups is 1. The quantitative estimate of drug-likeness (QED) is 0.759. The number of benzene rings is 1. The zero-order valence-corrected chi connectivity index (χ0v) is 9.42. The Bertz CT molecular complexity index is 418. The molecule has 1 saturated heterocycles. The molecule has 0 saturated carbocycles. The number of rotatable bonds is 1. The lowest BCUT2D eigenvalue weighted by atomic mass is 9.96. The minimum atomic E-state index is -0.155. The fourth-order valence-corrected chi connectivity index (χ4v) is 3.29. The van der Waals surface area contributed by atoms with Crippen molar-refractivity contribution in [2.45, 2.75) is 11.3 Å². The largest absolute Gasteiger partial charge is 0.379 e. The average Bonchev–Trinajstić information content (AvgIpc) is 2.82. The van der Waals surface area contributed by atoms with E-state index < -0.39 is 0 Å². The molecule has 16 heavy (non-hydrogen) atoms. The molecule has 2 N–H and O–H groups in total. The maximum atomic E-state index is 11.9. The molecule has 0 aromatic heterocycles. The Hall–Kier alpha value is -1.20. The number of hydrogen-bond donors (Lipinski definition) is 2. The van der Waals surface area contributed by atoms with E-state index >= 15 is 0 Å². The van der Waals surface area contributed by atoms with Crippen molar-refractivity contribution in [3.05, 3.63) is 29.8 Å². The molecule has 1 aromatic carbocycles. The van der Waals surface area contributed by atoms with Crippen LogP contribution in [0.4, 0.5) is 0 Å². The maximum Gasteiger partial charge on any atom is 0.262 e. The molecule has 1 amide bonds. The average molecular weight is 236 g/mol. The SMILES string of the molecule is O=C1NOc2ccccc2C1C1NCCS1. The Morgan fingerprint density at radius 3 is 3.06 bits per heavy atom. The Balaban J connectivity index is 1.99. The van der Waals surface area contributed by atoms with Crippen molar-refractivity contribution in [3.63, 3.8) is 0 Å². The molecule has 2 aliphatic rings. The van der Waals surface area contributed by atoms with Crippen LogP contribution in [0.5, 0.6) is 5.75 Å². The highest BCUT2D eigenvalue weighted by atomic mass is 32.2. The second-order valence-corrected chi connectivity index (χ2v) is 5.08. The minimum absolute atomic E-state index is 0.0643. The first-order valence-electron chi connectivity index (χ1n) is 5.27. The van der Waals surface area contributed by atoms with Crippen LogP contribution in [0, 0.1) is 0 Å². The zero-order chi connectivity index (χ0) is 11.0. The third-order valence-corrected chi connectivity index (χ3v) is 4.08. The van der Waals surface area contributed by atoms with E-state index in [1.54, 1.807) is 11.8 Å². The fourth-order valence-electron chi connectivity index (χ4n) is 2.10. The van der Waals surface area contributed by atoms with Gasteiger partial charge in [0.2, 0.25) is 0 Å². The lowest BCUT2D eigenvalue weighted by Gasteiger charge is -2.28. The predicted octanol–water partition coefficient (Wildman–Crippen LogP) is 0.856. The lowest BCUT2D eigenvalue weighted by Crippen LogP contribution is -2.43. The Morgan fingerprint density at radius 2 is 2.25 bits per heavy atom. The summed E-state index contributed by atoms with van der Waals surface area (Å²) in [5, 5.41) is 3.50. The Kier molecular flexibility index (Phi) is 2.49. The van der Waals surface area contributed by atoms with Gasteiger partial charge in [-0.05, 0) is 6.07 Å². The molecule has 5 heteroatoms. The molecular formula is C11H12N2O2S. The van der Waals surface area contributed by atoms with Gasteiger partial charge < -0.3 is 10.2 Å². The van der Waals surface area contributed by atoms with Gasteiger partial charge in [0.1, 0.15) is 0 Å². The van der Waals surface area contributed by atoms with E-state index in [1.165, 1.54) is 0 Å². The molecule has 0 bridgehead atoms. The van der Waals surface area contributed by atoms with Crippen LogP contribution < -0.4 is 15.6 Å². The number of hydrogen-bond acceptors (Lipinski definition) is 4. The summed E-state index contributed by atoms with van der Waals surface area (Å²) in [4.78, 5) is 17.0. The summed E-state index contributed by atoms with van der Waals surface area (Å²) in [7, 11) is 0. The van der Waals surface area contributed by atoms with Gasteiger partial charge in [-0.25, -0.2) is 0 Å². The van der Waals surface area contributed by atoms with Crippen LogP contribution in [0.1, 0.15) is 11.5 Å². The highest BCUT2D eigenvalue weighted by Gasteiger charge is 2.37. The van der Waals surface area contributed by atoms with Gasteiger partial charge in [-0.1, -0.05) is 18.2 Å². The second-order valence-electron chi connectivity index (χ2n) is 3.83. The van der Waals surface area contributed by atoms with Crippen molar-refractivity contribution in [3.8, 4) is 5.75 Å². The molecule has 2 aliphatic heterocycles. The third kappa shape index (κ3) is 1.56. The normalized spacial score (nSPS) is 28.1. The number of fused-ring (bicyclic) bond motifs is 1. The standard InChI is InChI=1S/C11H12N2O2S/c14-10-9(11-12-5-6-16-11)7-3-1-2-4-8(7)15-13-10/h1-4,9,11-12H,5-6H2,(H,13,14). The molecule has 1 aromatic rings. The summed E-state index contributed by atoms with van der Waals surface area (Å²) in [5.74, 6) is 1.58. The van der Waals surface area contributed by atoms with E-state index in [-0.39, 0.29) is 17.2 Å². The molecular weight excluding hydrogens is 224 g/mol. The third-order valence-electron chi connectivity index (χ3n) is 2.85. The van der Waals surface area contributed by atoms with Gasteiger partial charge in [-0.3, -0.25) is 4.79 Å². The summed E-state index contributed by atoms with van der Waals surface area (Å²) < 4.78 is 0. The Morgan fingerprint density at radius 1 is 1.38 bits per heavy atom. The first-order valence-corrected chi connectivity index (χ1v) is 6.32. The van der Waals surface area contributed by atoms with Crippen molar-refractivity contribution in [1.29, 1.82) is 0 Å². The molecule has 0 spiro atoms. The zero-order valence-electron chi connectivity index (χ0n) is 8.60. The summed E-state index contributed by atoms with van der Waals surface area (Å²) in [6, 6.07) is 7.68. The van der Waals surface area contributed by atoms with Crippen molar-refractivity contribution >= 4 is 17.7 Å². The summed E-state index contributed by atoms with van der Waals surface area (Å²) in [6.45, 7) is 0.960. The molecule has 2 heterocycles. The maximum absolute atomic E-state index is 11.9. The molecule has 84 valence electrons. The Labute approximate surface area is 97.7 Å². The van der Waals surface area contributed by atoms with Gasteiger partial charge in [-0.2, -0.15) is 5.48 Å². The summed E-state index contributed by atoms with van der Waals surface area (Å²) in [5.41, 5.74) is 3.44. The van der Waals surface area contributed by atoms with Crippen LogP contribution in [0.3, 0.4) is 0 Å². The first-order chi connectivity index (χ1) is 7.86. The van der Waals surface area contributed by atoms with Crippen LogP contribution in [-0.2, 0) is 4.79 Å². The van der Waals surface area contributed by atoms with E-state index in [0.29, 0.717) is 0 Å². The number of hydroxylamine groups is 1. The first kappa shape index (κ1) is 9.99. The van der Waals surface area contributed by atoms with Crippen LogP contribution in [0.15, 0.2) is 24.3 Å². The van der Waals surface area contributed by atoms with Gasteiger partial charge in [0, 0.05) is 17.9 Å². The summed E-state index contributed by atoms with van der Waals surface area (Å²) in [6.07, 6.45) is 0. The molecule has 2 atom stereocenters. The van der Waals surface area contributed by atoms with E-state index in [9.17, 15) is 4.79 Å². The van der Waals surface area contributed by atoms with E-state index in [4.69, 9.17) is 4.84 Å². The molecule has 4 nitrogen and oxygen atoms in total. The number of carbonyl (C=O) groups excluding carboxylic acids is 1. The van der Waals surface area contributed by atoms with E-state index in [0.717, 1.165) is 23.6 Å². The predicted molar refractivity (Wildman–Crippen MR) is 62.2 cm³/mol. The van der Waals surface area contributed by atoms with Crippen LogP contribution >= 0.6 is 11.8 Å². The lowest BCUT2D eigenvalue weighted by molar-refractivity contribution is -0.130. The van der Waals surface area contributed by atoms with E-state index in [2.05, 4.69) is 10.8 Å². The van der Waals surface area contributed by atoms with Crippen LogP contribution in [-0.4, -0.2) is 23.6 Å². The number of thioether (sulfide) groups is 1. The molecule has 0 radical (unpaired) electrons.